The topological polar surface area (TPSA) is 194 Å². The molecule has 0 rings (SSSR count). The average Bonchev–Trinajstić information content (AvgIpc) is 2.24. The van der Waals surface area contributed by atoms with Gasteiger partial charge in [0, 0.05) is 0 Å². The molecule has 10 nitrogen and oxygen atoms in total. The first-order valence-electron chi connectivity index (χ1n) is 6.60. The fraction of sp³-hybridized carbons (Fsp3) is 1.00. The summed E-state index contributed by atoms with van der Waals surface area (Å²) in [5, 5.41) is 18.8. The van der Waals surface area contributed by atoms with Crippen LogP contribution in [0.15, 0.2) is 0 Å². The van der Waals surface area contributed by atoms with Crippen molar-refractivity contribution in [2.24, 2.45) is 0 Å². The molecule has 23 heavy (non-hydrogen) atoms. The zero-order chi connectivity index (χ0) is 19.9. The SMILES string of the molecule is CC(C)(O)C(C)(C)O[NH3+].CC(C)(O)C(C)(C)O[NH3+].[O]=[Cr](=[O])([O-])[O-]. The molecule has 0 aromatic heterocycles. The summed E-state index contributed by atoms with van der Waals surface area (Å²) in [6, 6.07) is 0. The van der Waals surface area contributed by atoms with E-state index in [1.165, 1.54) is 0 Å². The monoisotopic (exact) mass is 384 g/mol. The molecule has 0 saturated carbocycles. The normalized spacial score (nSPS) is 13.5. The molecule has 0 amide bonds. The molecule has 0 bridgehead atoms. The van der Waals surface area contributed by atoms with Crippen molar-refractivity contribution >= 4 is 0 Å². The van der Waals surface area contributed by atoms with Crippen LogP contribution in [0, 0.1) is 0 Å². The standard InChI is InChI=1S/2C6H16NO2.Cr.4O/c2*1-5(2,8)6(3,4)9-7;;;;;/h2*8H,1-4,7H3;;;;;/q2*+1;;;;2*-1. The van der Waals surface area contributed by atoms with Crippen LogP contribution in [-0.4, -0.2) is 32.6 Å². The van der Waals surface area contributed by atoms with Crippen molar-refractivity contribution in [3.05, 3.63) is 0 Å². The summed E-state index contributed by atoms with van der Waals surface area (Å²) in [5.41, 5.74) is -2.83. The van der Waals surface area contributed by atoms with E-state index < -0.39 is 36.0 Å². The molecule has 0 atom stereocenters. The molecule has 0 aliphatic carbocycles. The van der Waals surface area contributed by atoms with Gasteiger partial charge in [0.25, 0.3) is 0 Å². The Labute approximate surface area is 139 Å². The second kappa shape index (κ2) is 9.34. The van der Waals surface area contributed by atoms with Crippen molar-refractivity contribution in [2.45, 2.75) is 77.8 Å². The Bertz CT molecular complexity index is 387. The van der Waals surface area contributed by atoms with E-state index >= 15 is 0 Å². The van der Waals surface area contributed by atoms with E-state index in [1.807, 2.05) is 0 Å². The van der Waals surface area contributed by atoms with Crippen molar-refractivity contribution in [3.63, 3.8) is 0 Å². The maximum absolute atomic E-state index is 9.38. The fourth-order valence-corrected chi connectivity index (χ4v) is 0.353. The van der Waals surface area contributed by atoms with Crippen LogP contribution in [0.2, 0.25) is 0 Å². The molecule has 0 aliphatic heterocycles. The van der Waals surface area contributed by atoms with E-state index in [1.54, 1.807) is 55.4 Å². The second-order valence-electron chi connectivity index (χ2n) is 6.84. The third-order valence-corrected chi connectivity index (χ3v) is 3.67. The average molecular weight is 384 g/mol. The molecule has 0 aromatic carbocycles. The molecule has 0 unspecified atom stereocenters. The summed E-state index contributed by atoms with van der Waals surface area (Å²) >= 11 is -5.75. The van der Waals surface area contributed by atoms with Gasteiger partial charge in [-0.1, -0.05) is 0 Å². The van der Waals surface area contributed by atoms with Crippen LogP contribution >= 0.6 is 0 Å². The molecule has 0 fully saturated rings. The first kappa shape index (κ1) is 27.7. The van der Waals surface area contributed by atoms with E-state index in [2.05, 4.69) is 11.8 Å². The van der Waals surface area contributed by atoms with E-state index in [0.717, 1.165) is 0 Å². The molecule has 8 N–H and O–H groups in total. The van der Waals surface area contributed by atoms with Gasteiger partial charge in [0.15, 0.2) is 0 Å². The van der Waals surface area contributed by atoms with Gasteiger partial charge < -0.3 is 10.2 Å². The summed E-state index contributed by atoms with van der Waals surface area (Å²) in [7, 11) is 0. The van der Waals surface area contributed by atoms with Gasteiger partial charge in [-0.15, -0.1) is 0 Å². The molecular formula is C12H32CrN2O8. The summed E-state index contributed by atoms with van der Waals surface area (Å²) in [4.78, 5) is 9.60. The third-order valence-electron chi connectivity index (χ3n) is 3.67. The number of quaternary nitrogens is 2. The van der Waals surface area contributed by atoms with Crippen LogP contribution in [0.25, 0.3) is 0 Å². The van der Waals surface area contributed by atoms with Gasteiger partial charge in [-0.2, -0.15) is 9.68 Å². The Kier molecular flexibility index (Phi) is 11.2. The number of hydrogen-bond donors (Lipinski definition) is 4. The predicted octanol–water partition coefficient (Wildman–Crippen LogP) is -3.20. The third kappa shape index (κ3) is 15.1. The van der Waals surface area contributed by atoms with E-state index in [9.17, 15) is 10.2 Å². The molecule has 0 radical (unpaired) electrons. The maximum atomic E-state index is 9.38. The number of hydrogen-bond acceptors (Lipinski definition) is 8. The van der Waals surface area contributed by atoms with Gasteiger partial charge in [-0.25, -0.2) is 11.8 Å². The number of aliphatic hydroxyl groups is 2. The first-order chi connectivity index (χ1) is 9.62. The molecule has 0 heterocycles. The van der Waals surface area contributed by atoms with E-state index in [0.29, 0.717) is 0 Å². The van der Waals surface area contributed by atoms with Gasteiger partial charge in [0.2, 0.25) is 0 Å². The van der Waals surface area contributed by atoms with Crippen LogP contribution in [0.3, 0.4) is 0 Å². The Hall–Kier alpha value is -0.188. The summed E-state index contributed by atoms with van der Waals surface area (Å²) in [6.45, 7) is 13.9. The molecule has 0 saturated heterocycles. The van der Waals surface area contributed by atoms with E-state index in [4.69, 9.17) is 25.6 Å². The quantitative estimate of drug-likeness (QED) is 0.364. The molecule has 0 spiro atoms. The Morgan fingerprint density at radius 1 is 0.739 bits per heavy atom. The summed E-state index contributed by atoms with van der Waals surface area (Å²) in [5.74, 6) is 6.53. The molecule has 0 aromatic rings. The minimum absolute atomic E-state index is 0.576. The van der Waals surface area contributed by atoms with Gasteiger partial charge in [-0.3, -0.25) is 0 Å². The molecule has 11 heteroatoms. The van der Waals surface area contributed by atoms with Gasteiger partial charge in [0.1, 0.15) is 11.2 Å². The zero-order valence-electron chi connectivity index (χ0n) is 15.2. The Morgan fingerprint density at radius 2 is 0.870 bits per heavy atom. The van der Waals surface area contributed by atoms with Crippen LogP contribution in [-0.2, 0) is 30.9 Å². The van der Waals surface area contributed by atoms with Crippen LogP contribution in [0.5, 0.6) is 0 Å². The summed E-state index contributed by atoms with van der Waals surface area (Å²) in [6.07, 6.45) is 0. The fourth-order valence-electron chi connectivity index (χ4n) is 0.353. The molecular weight excluding hydrogens is 352 g/mol. The van der Waals surface area contributed by atoms with E-state index in [-0.39, 0.29) is 0 Å². The Balaban J connectivity index is -0.000000273. The van der Waals surface area contributed by atoms with Crippen LogP contribution in [0.1, 0.15) is 55.4 Å². The molecule has 144 valence electrons. The van der Waals surface area contributed by atoms with Crippen molar-refractivity contribution in [1.29, 1.82) is 0 Å². The predicted molar refractivity (Wildman–Crippen MR) is 70.1 cm³/mol. The van der Waals surface area contributed by atoms with Crippen molar-refractivity contribution < 1.29 is 61.2 Å². The summed E-state index contributed by atoms with van der Waals surface area (Å²) < 4.78 is 34.4. The molecule has 0 aliphatic rings. The van der Waals surface area contributed by atoms with Crippen molar-refractivity contribution in [3.8, 4) is 0 Å². The van der Waals surface area contributed by atoms with Crippen LogP contribution in [0.4, 0.5) is 0 Å². The minimum atomic E-state index is -5.75. The van der Waals surface area contributed by atoms with Gasteiger partial charge in [-0.05, 0) is 55.4 Å². The van der Waals surface area contributed by atoms with Crippen molar-refractivity contribution in [1.82, 2.24) is 0 Å². The van der Waals surface area contributed by atoms with Crippen LogP contribution < -0.4 is 20.1 Å². The van der Waals surface area contributed by atoms with Gasteiger partial charge >= 0.3 is 29.5 Å². The second-order valence-corrected chi connectivity index (χ2v) is 8.11. The zero-order valence-corrected chi connectivity index (χ0v) is 16.4. The Morgan fingerprint density at radius 3 is 0.870 bits per heavy atom. The van der Waals surface area contributed by atoms with Gasteiger partial charge in [0.05, 0.1) is 11.2 Å². The first-order valence-corrected chi connectivity index (χ1v) is 8.68. The number of rotatable bonds is 4. The van der Waals surface area contributed by atoms with Crippen molar-refractivity contribution in [2.75, 3.05) is 0 Å².